The summed E-state index contributed by atoms with van der Waals surface area (Å²) in [5.41, 5.74) is -5.56. The number of nitrogens with zero attached hydrogens (tertiary/aromatic N) is 5. The van der Waals surface area contributed by atoms with Crippen molar-refractivity contribution >= 4 is 18.6 Å². The summed E-state index contributed by atoms with van der Waals surface area (Å²) >= 11 is 0. The molecule has 12 heteroatoms. The Morgan fingerprint density at radius 3 is 1.27 bits per heavy atom. The minimum Gasteiger partial charge on any atom is -0.353 e. The molecule has 6 atom stereocenters. The fourth-order valence-corrected chi connectivity index (χ4v) is 9.94. The van der Waals surface area contributed by atoms with Crippen LogP contribution in [-0.4, -0.2) is 48.9 Å². The summed E-state index contributed by atoms with van der Waals surface area (Å²) in [6.07, 6.45) is 8.06. The normalized spacial score (nSPS) is 35.4. The van der Waals surface area contributed by atoms with E-state index in [-0.39, 0.29) is 29.1 Å². The highest BCUT2D eigenvalue weighted by molar-refractivity contribution is 5.48. The van der Waals surface area contributed by atoms with Crippen LogP contribution in [0.5, 0.6) is 0 Å². The molecule has 0 aliphatic heterocycles. The zero-order valence-corrected chi connectivity index (χ0v) is 28.4. The molecule has 0 spiro atoms. The maximum atomic E-state index is 14.6. The number of isocyanates is 2. The fraction of sp³-hybridized carbons (Fsp3) is 0.818. The Bertz CT molecular complexity index is 1530. The monoisotopic (exact) mass is 626 g/mol. The number of carbonyl (C=O) groups is 1. The lowest BCUT2D eigenvalue weighted by atomic mass is 9.66. The third-order valence-corrected chi connectivity index (χ3v) is 10.4. The molecule has 3 aliphatic rings. The Morgan fingerprint density at radius 1 is 0.600 bits per heavy atom. The largest absolute Gasteiger partial charge is 0.353 e. The van der Waals surface area contributed by atoms with Crippen molar-refractivity contribution in [2.24, 2.45) is 26.2 Å². The van der Waals surface area contributed by atoms with E-state index in [1.54, 1.807) is 12.2 Å². The van der Waals surface area contributed by atoms with Gasteiger partial charge in [0.05, 0.1) is 11.1 Å². The molecule has 0 radical (unpaired) electrons. The second kappa shape index (κ2) is 11.5. The molecule has 6 unspecified atom stereocenters. The van der Waals surface area contributed by atoms with Gasteiger partial charge < -0.3 is 5.32 Å². The summed E-state index contributed by atoms with van der Waals surface area (Å²) < 4.78 is 3.67. The summed E-state index contributed by atoms with van der Waals surface area (Å²) in [5.74, 6) is 0. The molecule has 1 amide bonds. The first-order valence-corrected chi connectivity index (χ1v) is 16.0. The lowest BCUT2D eigenvalue weighted by molar-refractivity contribution is -0.112. The van der Waals surface area contributed by atoms with Crippen molar-refractivity contribution < 1.29 is 14.4 Å². The highest BCUT2D eigenvalue weighted by atomic mass is 16.2. The number of amides is 1. The van der Waals surface area contributed by atoms with Gasteiger partial charge in [0.15, 0.2) is 0 Å². The molecule has 45 heavy (non-hydrogen) atoms. The van der Waals surface area contributed by atoms with E-state index in [0.29, 0.717) is 51.4 Å². The van der Waals surface area contributed by atoms with Crippen LogP contribution in [0.2, 0.25) is 0 Å². The van der Waals surface area contributed by atoms with Gasteiger partial charge >= 0.3 is 17.1 Å². The van der Waals surface area contributed by atoms with Crippen molar-refractivity contribution in [1.82, 2.24) is 19.0 Å². The maximum Gasteiger partial charge on any atom is 0.336 e. The number of hydrogen-bond acceptors (Lipinski definition) is 8. The van der Waals surface area contributed by atoms with Gasteiger partial charge in [-0.05, 0) is 94.8 Å². The van der Waals surface area contributed by atoms with Gasteiger partial charge in [0.25, 0.3) is 0 Å². The van der Waals surface area contributed by atoms with E-state index in [9.17, 15) is 28.8 Å². The fourth-order valence-electron chi connectivity index (χ4n) is 9.94. The zero-order valence-electron chi connectivity index (χ0n) is 28.4. The van der Waals surface area contributed by atoms with Crippen molar-refractivity contribution in [3.63, 3.8) is 0 Å². The average molecular weight is 627 g/mol. The van der Waals surface area contributed by atoms with Gasteiger partial charge in [-0.25, -0.2) is 37.7 Å². The van der Waals surface area contributed by atoms with Gasteiger partial charge in [-0.2, -0.15) is 9.98 Å². The van der Waals surface area contributed by atoms with Crippen molar-refractivity contribution in [3.8, 4) is 0 Å². The lowest BCUT2D eigenvalue weighted by Gasteiger charge is -2.47. The number of rotatable bonds is 7. The van der Waals surface area contributed by atoms with Crippen molar-refractivity contribution in [1.29, 1.82) is 0 Å². The van der Waals surface area contributed by atoms with Crippen LogP contribution in [-0.2, 0) is 14.4 Å². The van der Waals surface area contributed by atoms with Crippen LogP contribution in [0.3, 0.4) is 0 Å². The van der Waals surface area contributed by atoms with Crippen LogP contribution in [0.25, 0.3) is 0 Å². The first kappa shape index (κ1) is 34.5. The first-order chi connectivity index (χ1) is 20.6. The summed E-state index contributed by atoms with van der Waals surface area (Å²) in [5, 5.41) is 2.92. The molecular formula is C33H50N6O6. The smallest absolute Gasteiger partial charge is 0.336 e. The SMILES string of the molecule is CC1(C)CC(n2c(=O)n(C3CC(C)(C)CC(C)(N=C=O)C3)c(=O)n(C3CC(C)(C)CC(C)(NC=O)C3)c2=O)CC(C)(N=C=O)C1. The van der Waals surface area contributed by atoms with E-state index in [1.165, 1.54) is 13.7 Å². The Labute approximate surface area is 264 Å². The van der Waals surface area contributed by atoms with Gasteiger partial charge in [-0.1, -0.05) is 41.5 Å². The third kappa shape index (κ3) is 7.07. The van der Waals surface area contributed by atoms with Crippen molar-refractivity contribution in [3.05, 3.63) is 31.5 Å². The van der Waals surface area contributed by atoms with E-state index in [4.69, 9.17) is 0 Å². The molecule has 0 aromatic carbocycles. The molecule has 1 aromatic heterocycles. The Hall–Kier alpha value is -3.36. The molecule has 4 rings (SSSR count). The summed E-state index contributed by atoms with van der Waals surface area (Å²) in [6.45, 7) is 17.7. The first-order valence-electron chi connectivity index (χ1n) is 16.0. The number of nitrogens with one attached hydrogen (secondary N) is 1. The third-order valence-electron chi connectivity index (χ3n) is 10.4. The molecule has 0 saturated heterocycles. The molecular weight excluding hydrogens is 576 g/mol. The highest BCUT2D eigenvalue weighted by Crippen LogP contribution is 2.49. The van der Waals surface area contributed by atoms with E-state index in [2.05, 4.69) is 15.3 Å². The van der Waals surface area contributed by atoms with Gasteiger partial charge in [-0.3, -0.25) is 4.79 Å². The molecule has 3 aliphatic carbocycles. The zero-order chi connectivity index (χ0) is 33.8. The molecule has 1 N–H and O–H groups in total. The van der Waals surface area contributed by atoms with Gasteiger partial charge in [0.1, 0.15) is 0 Å². The van der Waals surface area contributed by atoms with Crippen LogP contribution in [0.1, 0.15) is 138 Å². The number of carbonyl (C=O) groups excluding carboxylic acids is 3. The average Bonchev–Trinajstić information content (AvgIpc) is 2.80. The Kier molecular flexibility index (Phi) is 8.79. The molecule has 1 aromatic rings. The lowest BCUT2D eigenvalue weighted by Crippen LogP contribution is -2.61. The Morgan fingerprint density at radius 2 is 0.933 bits per heavy atom. The van der Waals surface area contributed by atoms with Gasteiger partial charge in [0.2, 0.25) is 18.6 Å². The number of aliphatic imine (C=N–C) groups is 2. The van der Waals surface area contributed by atoms with Crippen LogP contribution in [0, 0.1) is 16.2 Å². The number of aromatic nitrogens is 3. The van der Waals surface area contributed by atoms with Gasteiger partial charge in [0, 0.05) is 23.7 Å². The molecule has 3 saturated carbocycles. The highest BCUT2D eigenvalue weighted by Gasteiger charge is 2.48. The quantitative estimate of drug-likeness (QED) is 0.273. The predicted molar refractivity (Wildman–Crippen MR) is 170 cm³/mol. The molecule has 12 nitrogen and oxygen atoms in total. The van der Waals surface area contributed by atoms with Gasteiger partial charge in [-0.15, -0.1) is 0 Å². The van der Waals surface area contributed by atoms with Crippen molar-refractivity contribution in [2.45, 2.75) is 155 Å². The van der Waals surface area contributed by atoms with E-state index in [0.717, 1.165) is 0 Å². The summed E-state index contributed by atoms with van der Waals surface area (Å²) in [6, 6.07) is -1.88. The minimum atomic E-state index is -0.852. The second-order valence-corrected chi connectivity index (χ2v) is 17.4. The van der Waals surface area contributed by atoms with Crippen LogP contribution in [0.4, 0.5) is 0 Å². The summed E-state index contributed by atoms with van der Waals surface area (Å²) in [4.78, 5) is 86.6. The second-order valence-electron chi connectivity index (χ2n) is 17.4. The van der Waals surface area contributed by atoms with E-state index >= 15 is 0 Å². The standard InChI is InChI=1S/C33H50N6O6/c1-28(2)10-22(13-31(7,16-28)34-19-40)37-25(43)38(23-11-29(3,4)17-32(8,14-23)35-20-41)27(45)39(26(37)44)24-12-30(5,6)18-33(9,15-24)36-21-42/h19,22-24H,10-18H2,1-9H3,(H,34,40). The topological polar surface area (TPSA) is 154 Å². The minimum absolute atomic E-state index is 0.253. The number of hydrogen-bond donors (Lipinski definition) is 1. The van der Waals surface area contributed by atoms with E-state index < -0.39 is 51.8 Å². The molecule has 3 fully saturated rings. The molecule has 248 valence electrons. The van der Waals surface area contributed by atoms with Crippen LogP contribution in [0.15, 0.2) is 24.4 Å². The van der Waals surface area contributed by atoms with E-state index in [1.807, 2.05) is 62.3 Å². The van der Waals surface area contributed by atoms with Crippen LogP contribution >= 0.6 is 0 Å². The molecule has 0 bridgehead atoms. The van der Waals surface area contributed by atoms with Crippen LogP contribution < -0.4 is 22.4 Å². The Balaban J connectivity index is 2.03. The summed E-state index contributed by atoms with van der Waals surface area (Å²) in [7, 11) is 0. The molecule has 1 heterocycles. The van der Waals surface area contributed by atoms with Crippen molar-refractivity contribution in [2.75, 3.05) is 0 Å². The predicted octanol–water partition coefficient (Wildman–Crippen LogP) is 4.12. The maximum absolute atomic E-state index is 14.6.